The van der Waals surface area contributed by atoms with Gasteiger partial charge in [-0.1, -0.05) is 13.0 Å². The van der Waals surface area contributed by atoms with Crippen molar-refractivity contribution in [1.82, 2.24) is 4.90 Å². The Morgan fingerprint density at radius 1 is 1.28 bits per heavy atom. The van der Waals surface area contributed by atoms with Crippen LogP contribution in [0.25, 0.3) is 0 Å². The SMILES string of the molecule is CCCN(CCO)C(=O)Nc1ccc(C)c(C)c1. The molecule has 1 aromatic rings. The third-order valence-corrected chi connectivity index (χ3v) is 2.91. The molecule has 0 heterocycles. The molecule has 4 nitrogen and oxygen atoms in total. The van der Waals surface area contributed by atoms with E-state index >= 15 is 0 Å². The zero-order chi connectivity index (χ0) is 13.5. The number of anilines is 1. The average molecular weight is 250 g/mol. The molecule has 0 fully saturated rings. The van der Waals surface area contributed by atoms with Crippen molar-refractivity contribution in [2.24, 2.45) is 0 Å². The minimum atomic E-state index is -0.158. The summed E-state index contributed by atoms with van der Waals surface area (Å²) >= 11 is 0. The van der Waals surface area contributed by atoms with E-state index in [4.69, 9.17) is 5.11 Å². The van der Waals surface area contributed by atoms with Crippen molar-refractivity contribution in [3.8, 4) is 0 Å². The van der Waals surface area contributed by atoms with Crippen molar-refractivity contribution in [3.63, 3.8) is 0 Å². The molecule has 0 bridgehead atoms. The molecule has 100 valence electrons. The van der Waals surface area contributed by atoms with E-state index in [0.29, 0.717) is 13.1 Å². The first-order valence-electron chi connectivity index (χ1n) is 6.32. The van der Waals surface area contributed by atoms with Gasteiger partial charge in [0.1, 0.15) is 0 Å². The second-order valence-electron chi connectivity index (χ2n) is 4.44. The maximum atomic E-state index is 12.0. The quantitative estimate of drug-likeness (QED) is 0.843. The van der Waals surface area contributed by atoms with Gasteiger partial charge in [-0.05, 0) is 43.5 Å². The molecule has 4 heteroatoms. The number of aryl methyl sites for hydroxylation is 2. The molecule has 0 saturated heterocycles. The molecule has 0 aliphatic rings. The molecule has 1 rings (SSSR count). The van der Waals surface area contributed by atoms with Gasteiger partial charge >= 0.3 is 6.03 Å². The first-order valence-corrected chi connectivity index (χ1v) is 6.32. The van der Waals surface area contributed by atoms with Gasteiger partial charge in [0.05, 0.1) is 6.61 Å². The number of nitrogens with one attached hydrogen (secondary N) is 1. The van der Waals surface area contributed by atoms with E-state index in [9.17, 15) is 4.79 Å². The fourth-order valence-electron chi connectivity index (χ4n) is 1.73. The minimum Gasteiger partial charge on any atom is -0.395 e. The highest BCUT2D eigenvalue weighted by Crippen LogP contribution is 2.14. The van der Waals surface area contributed by atoms with Crippen LogP contribution in [0.1, 0.15) is 24.5 Å². The number of hydrogen-bond acceptors (Lipinski definition) is 2. The molecular formula is C14H22N2O2. The van der Waals surface area contributed by atoms with Gasteiger partial charge in [-0.2, -0.15) is 0 Å². The largest absolute Gasteiger partial charge is 0.395 e. The zero-order valence-corrected chi connectivity index (χ0v) is 11.4. The van der Waals surface area contributed by atoms with Crippen LogP contribution in [-0.2, 0) is 0 Å². The Labute approximate surface area is 109 Å². The van der Waals surface area contributed by atoms with E-state index in [2.05, 4.69) is 5.32 Å². The Morgan fingerprint density at radius 2 is 2.00 bits per heavy atom. The van der Waals surface area contributed by atoms with E-state index in [-0.39, 0.29) is 12.6 Å². The van der Waals surface area contributed by atoms with Gasteiger partial charge in [0, 0.05) is 18.8 Å². The Hall–Kier alpha value is -1.55. The molecule has 0 aliphatic carbocycles. The average Bonchev–Trinajstić information content (AvgIpc) is 2.33. The van der Waals surface area contributed by atoms with Crippen molar-refractivity contribution in [3.05, 3.63) is 29.3 Å². The summed E-state index contributed by atoms with van der Waals surface area (Å²) in [6.07, 6.45) is 0.875. The van der Waals surface area contributed by atoms with E-state index in [1.807, 2.05) is 39.0 Å². The molecule has 2 N–H and O–H groups in total. The summed E-state index contributed by atoms with van der Waals surface area (Å²) in [5, 5.41) is 11.8. The number of carbonyl (C=O) groups excluding carboxylic acids is 1. The summed E-state index contributed by atoms with van der Waals surface area (Å²) in [7, 11) is 0. The number of benzene rings is 1. The lowest BCUT2D eigenvalue weighted by atomic mass is 10.1. The lowest BCUT2D eigenvalue weighted by Gasteiger charge is -2.21. The Morgan fingerprint density at radius 3 is 2.56 bits per heavy atom. The molecule has 0 atom stereocenters. The molecule has 18 heavy (non-hydrogen) atoms. The van der Waals surface area contributed by atoms with Crippen LogP contribution in [0.15, 0.2) is 18.2 Å². The summed E-state index contributed by atoms with van der Waals surface area (Å²) in [6, 6.07) is 5.68. The molecule has 0 aliphatic heterocycles. The van der Waals surface area contributed by atoms with Crippen LogP contribution < -0.4 is 5.32 Å². The molecule has 0 saturated carbocycles. The van der Waals surface area contributed by atoms with Crippen LogP contribution in [-0.4, -0.2) is 35.7 Å². The molecule has 0 unspecified atom stereocenters. The molecule has 2 amide bonds. The van der Waals surface area contributed by atoms with Crippen LogP contribution in [0, 0.1) is 13.8 Å². The third kappa shape index (κ3) is 4.04. The highest BCUT2D eigenvalue weighted by atomic mass is 16.3. The molecule has 0 aromatic heterocycles. The Balaban J connectivity index is 2.69. The van der Waals surface area contributed by atoms with Crippen molar-refractivity contribution in [1.29, 1.82) is 0 Å². The van der Waals surface area contributed by atoms with Gasteiger partial charge < -0.3 is 15.3 Å². The Bertz CT molecular complexity index is 399. The van der Waals surface area contributed by atoms with Crippen LogP contribution in [0.3, 0.4) is 0 Å². The summed E-state index contributed by atoms with van der Waals surface area (Å²) in [5.41, 5.74) is 3.15. The normalized spacial score (nSPS) is 10.2. The number of aliphatic hydroxyl groups is 1. The van der Waals surface area contributed by atoms with Crippen molar-refractivity contribution in [2.75, 3.05) is 25.0 Å². The van der Waals surface area contributed by atoms with Crippen LogP contribution in [0.5, 0.6) is 0 Å². The van der Waals surface area contributed by atoms with Crippen molar-refractivity contribution >= 4 is 11.7 Å². The number of urea groups is 1. The van der Waals surface area contributed by atoms with Gasteiger partial charge in [-0.3, -0.25) is 0 Å². The van der Waals surface area contributed by atoms with E-state index in [1.165, 1.54) is 5.56 Å². The fourth-order valence-corrected chi connectivity index (χ4v) is 1.73. The van der Waals surface area contributed by atoms with Crippen LogP contribution in [0.2, 0.25) is 0 Å². The smallest absolute Gasteiger partial charge is 0.321 e. The molecule has 1 aromatic carbocycles. The summed E-state index contributed by atoms with van der Waals surface area (Å²) in [5.74, 6) is 0. The van der Waals surface area contributed by atoms with Crippen molar-refractivity contribution < 1.29 is 9.90 Å². The van der Waals surface area contributed by atoms with E-state index in [1.54, 1.807) is 4.90 Å². The second-order valence-corrected chi connectivity index (χ2v) is 4.44. The van der Waals surface area contributed by atoms with Gasteiger partial charge in [0.2, 0.25) is 0 Å². The maximum Gasteiger partial charge on any atom is 0.321 e. The predicted octanol–water partition coefficient (Wildman–Crippen LogP) is 2.54. The van der Waals surface area contributed by atoms with Gasteiger partial charge in [-0.25, -0.2) is 4.79 Å². The molecule has 0 radical (unpaired) electrons. The number of rotatable bonds is 5. The lowest BCUT2D eigenvalue weighted by molar-refractivity contribution is 0.188. The van der Waals surface area contributed by atoms with Crippen molar-refractivity contribution in [2.45, 2.75) is 27.2 Å². The maximum absolute atomic E-state index is 12.0. The minimum absolute atomic E-state index is 0.0135. The van der Waals surface area contributed by atoms with E-state index < -0.39 is 0 Å². The van der Waals surface area contributed by atoms with Crippen LogP contribution >= 0.6 is 0 Å². The highest BCUT2D eigenvalue weighted by Gasteiger charge is 2.11. The predicted molar refractivity (Wildman–Crippen MR) is 73.9 cm³/mol. The standard InChI is InChI=1S/C14H22N2O2/c1-4-7-16(8-9-17)14(18)15-13-6-5-11(2)12(3)10-13/h5-6,10,17H,4,7-9H2,1-3H3,(H,15,18). The molecular weight excluding hydrogens is 228 g/mol. The second kappa shape index (κ2) is 7.01. The van der Waals surface area contributed by atoms with Gasteiger partial charge in [-0.15, -0.1) is 0 Å². The molecule has 0 spiro atoms. The number of aliphatic hydroxyl groups excluding tert-OH is 1. The zero-order valence-electron chi connectivity index (χ0n) is 11.4. The summed E-state index contributed by atoms with van der Waals surface area (Å²) in [6.45, 7) is 7.06. The number of amides is 2. The monoisotopic (exact) mass is 250 g/mol. The number of hydrogen-bond donors (Lipinski definition) is 2. The first kappa shape index (κ1) is 14.5. The highest BCUT2D eigenvalue weighted by molar-refractivity contribution is 5.89. The van der Waals surface area contributed by atoms with E-state index in [0.717, 1.165) is 17.7 Å². The number of nitrogens with zero attached hydrogens (tertiary/aromatic N) is 1. The first-order chi connectivity index (χ1) is 8.58. The number of carbonyl (C=O) groups is 1. The van der Waals surface area contributed by atoms with Crippen LogP contribution in [0.4, 0.5) is 10.5 Å². The fraction of sp³-hybridized carbons (Fsp3) is 0.500. The lowest BCUT2D eigenvalue weighted by Crippen LogP contribution is -2.37. The van der Waals surface area contributed by atoms with Gasteiger partial charge in [0.25, 0.3) is 0 Å². The van der Waals surface area contributed by atoms with Gasteiger partial charge in [0.15, 0.2) is 0 Å². The topological polar surface area (TPSA) is 52.6 Å². The summed E-state index contributed by atoms with van der Waals surface area (Å²) < 4.78 is 0. The third-order valence-electron chi connectivity index (χ3n) is 2.91. The summed E-state index contributed by atoms with van der Waals surface area (Å²) in [4.78, 5) is 13.6. The Kier molecular flexibility index (Phi) is 5.65.